The number of alkyl halides is 2. The molecule has 1 aromatic heterocycles. The van der Waals surface area contributed by atoms with E-state index in [2.05, 4.69) is 14.5 Å². The highest BCUT2D eigenvalue weighted by Crippen LogP contribution is 2.28. The summed E-state index contributed by atoms with van der Waals surface area (Å²) in [7, 11) is 1.25. The Bertz CT molecular complexity index is 372. The maximum atomic E-state index is 11.9. The molecule has 0 saturated heterocycles. The molecule has 6 nitrogen and oxygen atoms in total. The van der Waals surface area contributed by atoms with E-state index in [1.165, 1.54) is 13.2 Å². The van der Waals surface area contributed by atoms with E-state index in [0.717, 1.165) is 6.07 Å². The Morgan fingerprint density at radius 1 is 1.53 bits per heavy atom. The monoisotopic (exact) mass is 220 g/mol. The first-order chi connectivity index (χ1) is 7.04. The molecule has 15 heavy (non-hydrogen) atoms. The van der Waals surface area contributed by atoms with Gasteiger partial charge < -0.3 is 9.47 Å². The van der Waals surface area contributed by atoms with Crippen LogP contribution >= 0.6 is 0 Å². The number of nitro groups is 1. The fourth-order valence-corrected chi connectivity index (χ4v) is 0.840. The zero-order valence-corrected chi connectivity index (χ0v) is 7.52. The van der Waals surface area contributed by atoms with Gasteiger partial charge in [0.1, 0.15) is 0 Å². The highest BCUT2D eigenvalue weighted by molar-refractivity contribution is 5.42. The highest BCUT2D eigenvalue weighted by Gasteiger charge is 2.21. The summed E-state index contributed by atoms with van der Waals surface area (Å²) < 4.78 is 32.2. The van der Waals surface area contributed by atoms with Crippen molar-refractivity contribution in [1.29, 1.82) is 0 Å². The van der Waals surface area contributed by atoms with Crippen LogP contribution in [0.2, 0.25) is 0 Å². The molecular weight excluding hydrogens is 214 g/mol. The fraction of sp³-hybridized carbons (Fsp3) is 0.286. The number of rotatable bonds is 4. The van der Waals surface area contributed by atoms with Gasteiger partial charge in [-0.05, 0) is 0 Å². The van der Waals surface area contributed by atoms with Gasteiger partial charge in [-0.2, -0.15) is 13.8 Å². The lowest BCUT2D eigenvalue weighted by Gasteiger charge is -2.05. The molecule has 8 heteroatoms. The van der Waals surface area contributed by atoms with Crippen LogP contribution in [0.25, 0.3) is 0 Å². The van der Waals surface area contributed by atoms with E-state index in [9.17, 15) is 18.9 Å². The predicted octanol–water partition coefficient (Wildman–Crippen LogP) is 1.60. The third-order valence-corrected chi connectivity index (χ3v) is 1.42. The van der Waals surface area contributed by atoms with Crippen molar-refractivity contribution in [3.8, 4) is 11.8 Å². The van der Waals surface area contributed by atoms with Gasteiger partial charge in [-0.3, -0.25) is 10.1 Å². The van der Waals surface area contributed by atoms with Crippen LogP contribution in [0.1, 0.15) is 0 Å². The minimum absolute atomic E-state index is 0.0451. The van der Waals surface area contributed by atoms with Gasteiger partial charge in [0.05, 0.1) is 12.0 Å². The topological polar surface area (TPSA) is 74.5 Å². The average molecular weight is 220 g/mol. The smallest absolute Gasteiger partial charge is 0.388 e. The Kier molecular flexibility index (Phi) is 3.32. The van der Waals surface area contributed by atoms with Crippen LogP contribution in [0.4, 0.5) is 14.5 Å². The summed E-state index contributed by atoms with van der Waals surface area (Å²) in [5, 5.41) is 10.4. The lowest BCUT2D eigenvalue weighted by molar-refractivity contribution is -0.386. The van der Waals surface area contributed by atoms with Gasteiger partial charge in [0, 0.05) is 12.1 Å². The van der Waals surface area contributed by atoms with Crippen molar-refractivity contribution >= 4 is 5.69 Å². The maximum Gasteiger partial charge on any atom is 0.388 e. The summed E-state index contributed by atoms with van der Waals surface area (Å²) in [4.78, 5) is 12.9. The van der Waals surface area contributed by atoms with E-state index in [-0.39, 0.29) is 5.88 Å². The highest BCUT2D eigenvalue weighted by atomic mass is 19.3. The molecule has 0 spiro atoms. The Morgan fingerprint density at radius 3 is 2.67 bits per heavy atom. The van der Waals surface area contributed by atoms with Crippen LogP contribution in [0, 0.1) is 10.1 Å². The molecular formula is C7H6F2N2O4. The molecule has 0 radical (unpaired) electrons. The molecule has 0 aliphatic heterocycles. The number of methoxy groups -OCH3 is 1. The van der Waals surface area contributed by atoms with Gasteiger partial charge in [-0.1, -0.05) is 0 Å². The molecule has 1 rings (SSSR count). The lowest BCUT2D eigenvalue weighted by atomic mass is 10.4. The van der Waals surface area contributed by atoms with Crippen LogP contribution < -0.4 is 9.47 Å². The number of nitrogens with zero attached hydrogens (tertiary/aromatic N) is 2. The fourth-order valence-electron chi connectivity index (χ4n) is 0.840. The van der Waals surface area contributed by atoms with Crippen molar-refractivity contribution in [2.75, 3.05) is 7.11 Å². The van der Waals surface area contributed by atoms with Crippen LogP contribution in [-0.4, -0.2) is 23.6 Å². The second-order valence-electron chi connectivity index (χ2n) is 2.31. The SMILES string of the molecule is COc1ccc([N+](=O)[O-])c(OC(F)F)n1. The minimum Gasteiger partial charge on any atom is -0.481 e. The predicted molar refractivity (Wildman–Crippen MR) is 44.1 cm³/mol. The first-order valence-corrected chi connectivity index (χ1v) is 3.69. The van der Waals surface area contributed by atoms with Crippen molar-refractivity contribution in [1.82, 2.24) is 4.98 Å². The van der Waals surface area contributed by atoms with Gasteiger partial charge >= 0.3 is 18.2 Å². The van der Waals surface area contributed by atoms with Crippen molar-refractivity contribution in [2.24, 2.45) is 0 Å². The molecule has 0 aromatic carbocycles. The molecule has 0 bridgehead atoms. The Morgan fingerprint density at radius 2 is 2.20 bits per heavy atom. The molecule has 0 amide bonds. The lowest BCUT2D eigenvalue weighted by Crippen LogP contribution is -2.06. The quantitative estimate of drug-likeness (QED) is 0.569. The molecule has 1 heterocycles. The van der Waals surface area contributed by atoms with Crippen LogP contribution in [0.3, 0.4) is 0 Å². The summed E-state index contributed by atoms with van der Waals surface area (Å²) in [5.74, 6) is -0.814. The third-order valence-electron chi connectivity index (χ3n) is 1.42. The Hall–Kier alpha value is -1.99. The van der Waals surface area contributed by atoms with Gasteiger partial charge in [0.15, 0.2) is 0 Å². The number of hydrogen-bond acceptors (Lipinski definition) is 5. The molecule has 0 saturated carbocycles. The van der Waals surface area contributed by atoms with E-state index in [1.54, 1.807) is 0 Å². The maximum absolute atomic E-state index is 11.9. The zero-order chi connectivity index (χ0) is 11.4. The summed E-state index contributed by atoms with van der Waals surface area (Å²) in [6, 6.07) is 2.15. The van der Waals surface area contributed by atoms with E-state index in [4.69, 9.17) is 0 Å². The summed E-state index contributed by atoms with van der Waals surface area (Å²) in [5.41, 5.74) is -0.643. The van der Waals surface area contributed by atoms with Crippen LogP contribution in [-0.2, 0) is 0 Å². The number of hydrogen-bond donors (Lipinski definition) is 0. The second kappa shape index (κ2) is 4.49. The van der Waals surface area contributed by atoms with Gasteiger partial charge in [0.2, 0.25) is 5.88 Å². The second-order valence-corrected chi connectivity index (χ2v) is 2.31. The molecule has 0 unspecified atom stereocenters. The normalized spacial score (nSPS) is 10.1. The van der Waals surface area contributed by atoms with E-state index in [0.29, 0.717) is 0 Å². The summed E-state index contributed by atoms with van der Waals surface area (Å²) in [6.45, 7) is -3.18. The molecule has 0 fully saturated rings. The average Bonchev–Trinajstić information content (AvgIpc) is 2.16. The molecule has 0 aliphatic carbocycles. The zero-order valence-electron chi connectivity index (χ0n) is 7.52. The van der Waals surface area contributed by atoms with Crippen LogP contribution in [0.5, 0.6) is 11.8 Å². The van der Waals surface area contributed by atoms with E-state index in [1.807, 2.05) is 0 Å². The van der Waals surface area contributed by atoms with E-state index >= 15 is 0 Å². The first kappa shape index (κ1) is 11.1. The van der Waals surface area contributed by atoms with E-state index < -0.39 is 23.1 Å². The molecule has 0 aliphatic rings. The number of ether oxygens (including phenoxy) is 2. The van der Waals surface area contributed by atoms with Gasteiger partial charge in [0.25, 0.3) is 0 Å². The minimum atomic E-state index is -3.18. The summed E-state index contributed by atoms with van der Waals surface area (Å²) >= 11 is 0. The van der Waals surface area contributed by atoms with Crippen molar-refractivity contribution in [3.63, 3.8) is 0 Å². The molecule has 0 atom stereocenters. The third kappa shape index (κ3) is 2.73. The molecule has 1 aromatic rings. The van der Waals surface area contributed by atoms with Crippen molar-refractivity contribution < 1.29 is 23.2 Å². The molecule has 82 valence electrons. The Balaban J connectivity index is 3.10. The first-order valence-electron chi connectivity index (χ1n) is 3.69. The van der Waals surface area contributed by atoms with Gasteiger partial charge in [-0.25, -0.2) is 0 Å². The number of aromatic nitrogens is 1. The standard InChI is InChI=1S/C7H6F2N2O4/c1-14-5-3-2-4(11(12)13)6(10-5)15-7(8)9/h2-3,7H,1H3. The molecule has 0 N–H and O–H groups in total. The summed E-state index contributed by atoms with van der Waals surface area (Å²) in [6.07, 6.45) is 0. The Labute approximate surface area is 82.6 Å². The van der Waals surface area contributed by atoms with Crippen LogP contribution in [0.15, 0.2) is 12.1 Å². The number of halogens is 2. The van der Waals surface area contributed by atoms with Crippen molar-refractivity contribution in [3.05, 3.63) is 22.2 Å². The number of pyridine rings is 1. The largest absolute Gasteiger partial charge is 0.481 e. The van der Waals surface area contributed by atoms with Crippen molar-refractivity contribution in [2.45, 2.75) is 6.61 Å². The van der Waals surface area contributed by atoms with Gasteiger partial charge in [-0.15, -0.1) is 0 Å².